The van der Waals surface area contributed by atoms with Crippen molar-refractivity contribution < 1.29 is 0 Å². The summed E-state index contributed by atoms with van der Waals surface area (Å²) in [7, 11) is 0. The van der Waals surface area contributed by atoms with Crippen molar-refractivity contribution >= 4 is 16.7 Å². The van der Waals surface area contributed by atoms with Crippen molar-refractivity contribution in [1.29, 1.82) is 0 Å². The monoisotopic (exact) mass is 188 g/mol. The van der Waals surface area contributed by atoms with Crippen LogP contribution in [-0.2, 0) is 0 Å². The van der Waals surface area contributed by atoms with Gasteiger partial charge in [0, 0.05) is 6.20 Å². The van der Waals surface area contributed by atoms with Gasteiger partial charge < -0.3 is 5.73 Å². The maximum absolute atomic E-state index is 5.83. The van der Waals surface area contributed by atoms with Gasteiger partial charge in [-0.15, -0.1) is 0 Å². The van der Waals surface area contributed by atoms with Gasteiger partial charge in [0.05, 0.1) is 22.6 Å². The summed E-state index contributed by atoms with van der Waals surface area (Å²) in [6, 6.07) is 2.58. The number of hydrogen-bond acceptors (Lipinski definition) is 3. The van der Waals surface area contributed by atoms with Gasteiger partial charge in [0.25, 0.3) is 0 Å². The molecule has 2 N–H and O–H groups in total. The van der Waals surface area contributed by atoms with Crippen molar-refractivity contribution in [2.24, 2.45) is 0 Å². The molecule has 0 spiro atoms. The lowest BCUT2D eigenvalue weighted by atomic mass is 10.2. The van der Waals surface area contributed by atoms with E-state index >= 15 is 0 Å². The molecule has 3 rings (SSSR count). The second kappa shape index (κ2) is 2.47. The van der Waals surface area contributed by atoms with Crippen LogP contribution in [-0.4, -0.2) is 14.8 Å². The molecule has 4 nitrogen and oxygen atoms in total. The van der Waals surface area contributed by atoms with Gasteiger partial charge in [0.2, 0.25) is 0 Å². The molecule has 0 aliphatic heterocycles. The van der Waals surface area contributed by atoms with Gasteiger partial charge in [-0.25, -0.2) is 4.98 Å². The van der Waals surface area contributed by atoms with E-state index in [0.29, 0.717) is 11.9 Å². The van der Waals surface area contributed by atoms with E-state index in [9.17, 15) is 0 Å². The lowest BCUT2D eigenvalue weighted by Crippen LogP contribution is -1.96. The summed E-state index contributed by atoms with van der Waals surface area (Å²) in [5.41, 5.74) is 7.93. The fourth-order valence-corrected chi connectivity index (χ4v) is 1.89. The highest BCUT2D eigenvalue weighted by atomic mass is 15.3. The lowest BCUT2D eigenvalue weighted by Gasteiger charge is -1.99. The van der Waals surface area contributed by atoms with Gasteiger partial charge in [-0.2, -0.15) is 5.10 Å². The lowest BCUT2D eigenvalue weighted by molar-refractivity contribution is 0.658. The molecule has 1 aliphatic rings. The Morgan fingerprint density at radius 3 is 3.00 bits per heavy atom. The SMILES string of the molecule is Cc1nn(C2CC2)c2ccnc(N)c12. The average Bonchev–Trinajstić information content (AvgIpc) is 2.93. The Bertz CT molecular complexity index is 496. The minimum absolute atomic E-state index is 0.590. The fraction of sp³-hybridized carbons (Fsp3) is 0.400. The number of rotatable bonds is 1. The van der Waals surface area contributed by atoms with E-state index in [2.05, 4.69) is 14.8 Å². The first-order valence-corrected chi connectivity index (χ1v) is 4.86. The minimum atomic E-state index is 0.590. The van der Waals surface area contributed by atoms with Gasteiger partial charge in [-0.3, -0.25) is 4.68 Å². The van der Waals surface area contributed by atoms with Crippen LogP contribution in [0.15, 0.2) is 12.3 Å². The van der Waals surface area contributed by atoms with E-state index in [0.717, 1.165) is 16.6 Å². The molecule has 2 aromatic rings. The van der Waals surface area contributed by atoms with Crippen LogP contribution in [0.5, 0.6) is 0 Å². The maximum Gasteiger partial charge on any atom is 0.134 e. The molecule has 0 bridgehead atoms. The Balaban J connectivity index is 2.37. The average molecular weight is 188 g/mol. The van der Waals surface area contributed by atoms with Crippen LogP contribution in [0.4, 0.5) is 5.82 Å². The van der Waals surface area contributed by atoms with Crippen LogP contribution in [0.3, 0.4) is 0 Å². The highest BCUT2D eigenvalue weighted by Crippen LogP contribution is 2.37. The molecule has 14 heavy (non-hydrogen) atoms. The molecule has 0 amide bonds. The number of hydrogen-bond donors (Lipinski definition) is 1. The quantitative estimate of drug-likeness (QED) is 0.740. The first kappa shape index (κ1) is 7.79. The van der Waals surface area contributed by atoms with E-state index in [4.69, 9.17) is 5.73 Å². The van der Waals surface area contributed by atoms with Crippen LogP contribution in [0.2, 0.25) is 0 Å². The minimum Gasteiger partial charge on any atom is -0.383 e. The Kier molecular flexibility index (Phi) is 1.37. The first-order valence-electron chi connectivity index (χ1n) is 4.86. The molecule has 0 radical (unpaired) electrons. The molecule has 0 atom stereocenters. The Hall–Kier alpha value is -1.58. The van der Waals surface area contributed by atoms with Crippen molar-refractivity contribution in [1.82, 2.24) is 14.8 Å². The smallest absolute Gasteiger partial charge is 0.134 e. The molecule has 2 aromatic heterocycles. The van der Waals surface area contributed by atoms with Gasteiger partial charge >= 0.3 is 0 Å². The number of fused-ring (bicyclic) bond motifs is 1. The van der Waals surface area contributed by atoms with Gasteiger partial charge in [-0.1, -0.05) is 0 Å². The normalized spacial score (nSPS) is 16.4. The molecule has 1 saturated carbocycles. The zero-order valence-electron chi connectivity index (χ0n) is 8.07. The van der Waals surface area contributed by atoms with Crippen molar-refractivity contribution in [3.8, 4) is 0 Å². The Labute approximate surface area is 81.7 Å². The number of nitrogens with zero attached hydrogens (tertiary/aromatic N) is 3. The number of aryl methyl sites for hydroxylation is 1. The molecule has 1 aliphatic carbocycles. The van der Waals surface area contributed by atoms with Crippen LogP contribution in [0, 0.1) is 6.92 Å². The third-order valence-corrected chi connectivity index (χ3v) is 2.72. The van der Waals surface area contributed by atoms with Crippen molar-refractivity contribution in [3.63, 3.8) is 0 Å². The topological polar surface area (TPSA) is 56.7 Å². The zero-order chi connectivity index (χ0) is 9.71. The summed E-state index contributed by atoms with van der Waals surface area (Å²) in [6.07, 6.45) is 4.22. The zero-order valence-corrected chi connectivity index (χ0v) is 8.07. The van der Waals surface area contributed by atoms with Gasteiger partial charge in [0.15, 0.2) is 0 Å². The number of pyridine rings is 1. The number of anilines is 1. The highest BCUT2D eigenvalue weighted by Gasteiger charge is 2.27. The molecule has 0 saturated heterocycles. The first-order chi connectivity index (χ1) is 6.77. The van der Waals surface area contributed by atoms with Crippen molar-refractivity contribution in [2.45, 2.75) is 25.8 Å². The third kappa shape index (κ3) is 0.937. The molecule has 1 fully saturated rings. The summed E-state index contributed by atoms with van der Waals surface area (Å²) in [5.74, 6) is 0.590. The van der Waals surface area contributed by atoms with Gasteiger partial charge in [0.1, 0.15) is 5.82 Å². The van der Waals surface area contributed by atoms with Crippen molar-refractivity contribution in [2.75, 3.05) is 5.73 Å². The standard InChI is InChI=1S/C10H12N4/c1-6-9-8(4-5-12-10(9)11)14(13-6)7-2-3-7/h4-5,7H,2-3H2,1H3,(H2,11,12). The molecule has 2 heterocycles. The maximum atomic E-state index is 5.83. The predicted molar refractivity (Wildman–Crippen MR) is 54.9 cm³/mol. The number of aromatic nitrogens is 3. The summed E-state index contributed by atoms with van der Waals surface area (Å²) >= 11 is 0. The summed E-state index contributed by atoms with van der Waals surface area (Å²) in [5, 5.41) is 5.52. The molecular weight excluding hydrogens is 176 g/mol. The second-order valence-corrected chi connectivity index (χ2v) is 3.85. The fourth-order valence-electron chi connectivity index (χ4n) is 1.89. The molecule has 0 aromatic carbocycles. The van der Waals surface area contributed by atoms with Crippen LogP contribution < -0.4 is 5.73 Å². The molecule has 4 heteroatoms. The third-order valence-electron chi connectivity index (χ3n) is 2.72. The highest BCUT2D eigenvalue weighted by molar-refractivity contribution is 5.90. The van der Waals surface area contributed by atoms with E-state index in [1.807, 2.05) is 13.0 Å². The van der Waals surface area contributed by atoms with Gasteiger partial charge in [-0.05, 0) is 25.8 Å². The largest absolute Gasteiger partial charge is 0.383 e. The van der Waals surface area contributed by atoms with Crippen LogP contribution >= 0.6 is 0 Å². The number of nitrogens with two attached hydrogens (primary N) is 1. The molecule has 72 valence electrons. The van der Waals surface area contributed by atoms with Crippen LogP contribution in [0.1, 0.15) is 24.6 Å². The Morgan fingerprint density at radius 2 is 2.29 bits per heavy atom. The van der Waals surface area contributed by atoms with E-state index in [-0.39, 0.29) is 0 Å². The van der Waals surface area contributed by atoms with E-state index in [1.54, 1.807) is 6.20 Å². The number of nitrogen functional groups attached to an aromatic ring is 1. The van der Waals surface area contributed by atoms with Crippen LogP contribution in [0.25, 0.3) is 10.9 Å². The Morgan fingerprint density at radius 1 is 1.50 bits per heavy atom. The van der Waals surface area contributed by atoms with E-state index in [1.165, 1.54) is 12.8 Å². The second-order valence-electron chi connectivity index (χ2n) is 3.85. The summed E-state index contributed by atoms with van der Waals surface area (Å²) in [4.78, 5) is 4.09. The van der Waals surface area contributed by atoms with E-state index < -0.39 is 0 Å². The predicted octanol–water partition coefficient (Wildman–Crippen LogP) is 1.66. The summed E-state index contributed by atoms with van der Waals surface area (Å²) < 4.78 is 2.09. The molecule has 0 unspecified atom stereocenters. The van der Waals surface area contributed by atoms with Crippen molar-refractivity contribution in [3.05, 3.63) is 18.0 Å². The summed E-state index contributed by atoms with van der Waals surface area (Å²) in [6.45, 7) is 1.99. The molecular formula is C10H12N4.